The summed E-state index contributed by atoms with van der Waals surface area (Å²) >= 11 is 1.52. The third-order valence-electron chi connectivity index (χ3n) is 3.47. The van der Waals surface area contributed by atoms with Gasteiger partial charge in [0.1, 0.15) is 5.75 Å². The maximum atomic E-state index is 12.1. The number of non-ortho nitro benzene ring substituents is 1. The van der Waals surface area contributed by atoms with Gasteiger partial charge in [-0.1, -0.05) is 0 Å². The molecule has 0 unspecified atom stereocenters. The number of aromatic nitrogens is 2. The lowest BCUT2D eigenvalue weighted by Crippen LogP contribution is -2.13. The number of methoxy groups -OCH3 is 1. The van der Waals surface area contributed by atoms with E-state index in [9.17, 15) is 14.9 Å². The van der Waals surface area contributed by atoms with Crippen LogP contribution >= 0.6 is 11.3 Å². The van der Waals surface area contributed by atoms with Gasteiger partial charge in [0.25, 0.3) is 5.69 Å². The molecule has 0 aliphatic rings. The van der Waals surface area contributed by atoms with E-state index in [1.807, 2.05) is 16.8 Å². The van der Waals surface area contributed by atoms with Gasteiger partial charge in [0.15, 0.2) is 0 Å². The van der Waals surface area contributed by atoms with Crippen molar-refractivity contribution in [3.05, 3.63) is 51.0 Å². The molecule has 1 aromatic carbocycles. The van der Waals surface area contributed by atoms with Gasteiger partial charge in [-0.05, 0) is 17.5 Å². The Morgan fingerprint density at radius 3 is 2.92 bits per heavy atom. The standard InChI is InChI=1S/C16H14N4O5S/c1-24-13-3-2-11(20(22)23)8-12(13)17-14(21)4-5-15-18-19-16(25-15)10-6-7-26-9-10/h2-3,6-9H,4-5H2,1H3,(H,17,21). The summed E-state index contributed by atoms with van der Waals surface area (Å²) in [5, 5.41) is 25.1. The summed E-state index contributed by atoms with van der Waals surface area (Å²) in [4.78, 5) is 22.5. The first-order valence-corrected chi connectivity index (χ1v) is 8.48. The minimum atomic E-state index is -0.542. The van der Waals surface area contributed by atoms with E-state index >= 15 is 0 Å². The van der Waals surface area contributed by atoms with Crippen LogP contribution in [-0.2, 0) is 11.2 Å². The topological polar surface area (TPSA) is 120 Å². The number of carbonyl (C=O) groups excluding carboxylic acids is 1. The summed E-state index contributed by atoms with van der Waals surface area (Å²) < 4.78 is 10.6. The van der Waals surface area contributed by atoms with Crippen LogP contribution in [0.15, 0.2) is 39.4 Å². The van der Waals surface area contributed by atoms with Crippen molar-refractivity contribution in [3.8, 4) is 17.2 Å². The Balaban J connectivity index is 1.62. The molecule has 0 atom stereocenters. The molecular formula is C16H14N4O5S. The third kappa shape index (κ3) is 4.03. The molecule has 0 spiro atoms. The van der Waals surface area contributed by atoms with E-state index in [0.29, 0.717) is 17.5 Å². The van der Waals surface area contributed by atoms with E-state index in [-0.39, 0.29) is 30.1 Å². The van der Waals surface area contributed by atoms with Gasteiger partial charge in [-0.2, -0.15) is 11.3 Å². The van der Waals surface area contributed by atoms with Crippen LogP contribution in [-0.4, -0.2) is 28.1 Å². The molecule has 2 heterocycles. The Hall–Kier alpha value is -3.27. The Morgan fingerprint density at radius 2 is 2.23 bits per heavy atom. The molecule has 1 amide bonds. The van der Waals surface area contributed by atoms with E-state index in [1.54, 1.807) is 0 Å². The minimum absolute atomic E-state index is 0.0805. The van der Waals surface area contributed by atoms with Crippen LogP contribution in [0.2, 0.25) is 0 Å². The average molecular weight is 374 g/mol. The molecule has 0 aliphatic carbocycles. The average Bonchev–Trinajstić information content (AvgIpc) is 3.31. The molecule has 2 aromatic heterocycles. The summed E-state index contributed by atoms with van der Waals surface area (Å²) in [6, 6.07) is 5.85. The number of thiophene rings is 1. The Labute approximate surface area is 151 Å². The van der Waals surface area contributed by atoms with Gasteiger partial charge in [0, 0.05) is 35.9 Å². The van der Waals surface area contributed by atoms with Crippen LogP contribution in [0.25, 0.3) is 11.5 Å². The van der Waals surface area contributed by atoms with Gasteiger partial charge in [-0.15, -0.1) is 10.2 Å². The van der Waals surface area contributed by atoms with Gasteiger partial charge in [-0.25, -0.2) is 0 Å². The van der Waals surface area contributed by atoms with Gasteiger partial charge in [0.05, 0.1) is 17.7 Å². The molecular weight excluding hydrogens is 360 g/mol. The maximum absolute atomic E-state index is 12.1. The molecule has 26 heavy (non-hydrogen) atoms. The number of ether oxygens (including phenoxy) is 1. The van der Waals surface area contributed by atoms with E-state index in [4.69, 9.17) is 9.15 Å². The lowest BCUT2D eigenvalue weighted by molar-refractivity contribution is -0.384. The number of hydrogen-bond acceptors (Lipinski definition) is 8. The SMILES string of the molecule is COc1ccc([N+](=O)[O-])cc1NC(=O)CCc1nnc(-c2ccsc2)o1. The largest absolute Gasteiger partial charge is 0.495 e. The molecule has 9 nitrogen and oxygen atoms in total. The number of nitro groups is 1. The number of anilines is 1. The fraction of sp³-hybridized carbons (Fsp3) is 0.188. The molecule has 0 saturated carbocycles. The molecule has 134 valence electrons. The van der Waals surface area contributed by atoms with Crippen molar-refractivity contribution in [1.29, 1.82) is 0 Å². The van der Waals surface area contributed by atoms with Crippen molar-refractivity contribution in [2.75, 3.05) is 12.4 Å². The van der Waals surface area contributed by atoms with Crippen molar-refractivity contribution in [3.63, 3.8) is 0 Å². The molecule has 1 N–H and O–H groups in total. The molecule has 0 saturated heterocycles. The van der Waals surface area contributed by atoms with E-state index in [2.05, 4.69) is 15.5 Å². The van der Waals surface area contributed by atoms with Gasteiger partial charge in [0.2, 0.25) is 17.7 Å². The van der Waals surface area contributed by atoms with Gasteiger partial charge < -0.3 is 14.5 Å². The van der Waals surface area contributed by atoms with Crippen molar-refractivity contribution in [1.82, 2.24) is 10.2 Å². The molecule has 3 rings (SSSR count). The Morgan fingerprint density at radius 1 is 1.38 bits per heavy atom. The highest BCUT2D eigenvalue weighted by molar-refractivity contribution is 7.08. The first-order valence-electron chi connectivity index (χ1n) is 7.54. The first-order chi connectivity index (χ1) is 12.6. The van der Waals surface area contributed by atoms with Crippen molar-refractivity contribution in [2.45, 2.75) is 12.8 Å². The predicted molar refractivity (Wildman–Crippen MR) is 94.2 cm³/mol. The summed E-state index contributed by atoms with van der Waals surface area (Å²) in [5.74, 6) is 0.731. The minimum Gasteiger partial charge on any atom is -0.495 e. The van der Waals surface area contributed by atoms with E-state index in [1.165, 1.54) is 36.6 Å². The van der Waals surface area contributed by atoms with E-state index < -0.39 is 4.92 Å². The number of nitrogens with one attached hydrogen (secondary N) is 1. The first kappa shape index (κ1) is 17.5. The molecule has 3 aromatic rings. The lowest BCUT2D eigenvalue weighted by Gasteiger charge is -2.09. The second-order valence-electron chi connectivity index (χ2n) is 5.20. The lowest BCUT2D eigenvalue weighted by atomic mass is 10.2. The second kappa shape index (κ2) is 7.74. The maximum Gasteiger partial charge on any atom is 0.271 e. The highest BCUT2D eigenvalue weighted by atomic mass is 32.1. The van der Waals surface area contributed by atoms with Gasteiger partial charge in [-0.3, -0.25) is 14.9 Å². The number of nitro benzene ring substituents is 1. The van der Waals surface area contributed by atoms with Crippen LogP contribution in [0.4, 0.5) is 11.4 Å². The predicted octanol–water partition coefficient (Wildman–Crippen LogP) is 3.29. The zero-order valence-electron chi connectivity index (χ0n) is 13.7. The quantitative estimate of drug-likeness (QED) is 0.497. The Bertz CT molecular complexity index is 923. The van der Waals surface area contributed by atoms with Crippen molar-refractivity contribution < 1.29 is 18.9 Å². The van der Waals surface area contributed by atoms with Crippen LogP contribution in [0, 0.1) is 10.1 Å². The number of hydrogen-bond donors (Lipinski definition) is 1. The summed E-state index contributed by atoms with van der Waals surface area (Å²) in [6.07, 6.45) is 0.331. The molecule has 0 aliphatic heterocycles. The number of aryl methyl sites for hydroxylation is 1. The summed E-state index contributed by atoms with van der Waals surface area (Å²) in [7, 11) is 1.42. The zero-order valence-corrected chi connectivity index (χ0v) is 14.5. The number of amides is 1. The highest BCUT2D eigenvalue weighted by Gasteiger charge is 2.15. The van der Waals surface area contributed by atoms with Crippen LogP contribution in [0.5, 0.6) is 5.75 Å². The van der Waals surface area contributed by atoms with Crippen molar-refractivity contribution >= 4 is 28.6 Å². The third-order valence-corrected chi connectivity index (χ3v) is 4.15. The number of benzene rings is 1. The molecule has 0 fully saturated rings. The van der Waals surface area contributed by atoms with Crippen LogP contribution in [0.3, 0.4) is 0 Å². The second-order valence-corrected chi connectivity index (χ2v) is 5.98. The normalized spacial score (nSPS) is 10.5. The van der Waals surface area contributed by atoms with Crippen LogP contribution in [0.1, 0.15) is 12.3 Å². The fourth-order valence-corrected chi connectivity index (χ4v) is 2.83. The zero-order chi connectivity index (χ0) is 18.5. The Kier molecular flexibility index (Phi) is 5.23. The number of nitrogens with zero attached hydrogens (tertiary/aromatic N) is 3. The molecule has 10 heteroatoms. The highest BCUT2D eigenvalue weighted by Crippen LogP contribution is 2.29. The molecule has 0 bridgehead atoms. The summed E-state index contributed by atoms with van der Waals surface area (Å²) in [5.41, 5.74) is 0.925. The van der Waals surface area contributed by atoms with Gasteiger partial charge >= 0.3 is 0 Å². The van der Waals surface area contributed by atoms with E-state index in [0.717, 1.165) is 5.56 Å². The molecule has 0 radical (unpaired) electrons. The fourth-order valence-electron chi connectivity index (χ4n) is 2.20. The summed E-state index contributed by atoms with van der Waals surface area (Å²) in [6.45, 7) is 0. The smallest absolute Gasteiger partial charge is 0.271 e. The monoisotopic (exact) mass is 374 g/mol. The van der Waals surface area contributed by atoms with Crippen molar-refractivity contribution in [2.24, 2.45) is 0 Å². The number of rotatable bonds is 7. The number of carbonyl (C=O) groups is 1. The van der Waals surface area contributed by atoms with Crippen LogP contribution < -0.4 is 10.1 Å².